The lowest BCUT2D eigenvalue weighted by molar-refractivity contribution is 0.415. The van der Waals surface area contributed by atoms with Crippen LogP contribution >= 0.6 is 0 Å². The van der Waals surface area contributed by atoms with Gasteiger partial charge >= 0.3 is 0 Å². The summed E-state index contributed by atoms with van der Waals surface area (Å²) in [6, 6.07) is 15.6. The molecule has 5 heteroatoms. The van der Waals surface area contributed by atoms with Crippen LogP contribution in [0.2, 0.25) is 0 Å². The molecular formula is C16H16N4O. The van der Waals surface area contributed by atoms with Gasteiger partial charge in [-0.25, -0.2) is 4.68 Å². The fraction of sp³-hybridized carbons (Fsp3) is 0.125. The van der Waals surface area contributed by atoms with Crippen molar-refractivity contribution in [1.82, 2.24) is 15.0 Å². The summed E-state index contributed by atoms with van der Waals surface area (Å²) in [5, 5.41) is 8.17. The molecule has 0 unspecified atom stereocenters. The molecule has 1 heterocycles. The number of nitrogens with zero attached hydrogens (tertiary/aromatic N) is 3. The average molecular weight is 280 g/mol. The van der Waals surface area contributed by atoms with E-state index in [-0.39, 0.29) is 0 Å². The molecule has 0 atom stereocenters. The zero-order chi connectivity index (χ0) is 14.7. The minimum absolute atomic E-state index is 0.654. The Labute approximate surface area is 123 Å². The second-order valence-corrected chi connectivity index (χ2v) is 4.75. The number of rotatable bonds is 4. The van der Waals surface area contributed by atoms with Gasteiger partial charge in [0.15, 0.2) is 0 Å². The Bertz CT molecular complexity index is 717. The quantitative estimate of drug-likeness (QED) is 0.746. The van der Waals surface area contributed by atoms with E-state index in [2.05, 4.69) is 10.3 Å². The van der Waals surface area contributed by atoms with E-state index in [0.29, 0.717) is 6.54 Å². The van der Waals surface area contributed by atoms with E-state index in [4.69, 9.17) is 10.5 Å². The molecule has 0 aliphatic carbocycles. The number of ether oxygens (including phenoxy) is 1. The van der Waals surface area contributed by atoms with Crippen LogP contribution in [0.4, 0.5) is 5.69 Å². The van der Waals surface area contributed by atoms with Crippen LogP contribution in [0.15, 0.2) is 54.7 Å². The number of hydrogen-bond donors (Lipinski definition) is 1. The largest absolute Gasteiger partial charge is 0.497 e. The Morgan fingerprint density at radius 2 is 1.76 bits per heavy atom. The molecule has 106 valence electrons. The van der Waals surface area contributed by atoms with Gasteiger partial charge in [0.1, 0.15) is 5.75 Å². The first-order valence-electron chi connectivity index (χ1n) is 6.63. The predicted octanol–water partition coefficient (Wildman–Crippen LogP) is 2.58. The summed E-state index contributed by atoms with van der Waals surface area (Å²) in [6.45, 7) is 0.654. The number of anilines is 1. The van der Waals surface area contributed by atoms with Crippen LogP contribution in [-0.4, -0.2) is 22.1 Å². The summed E-state index contributed by atoms with van der Waals surface area (Å²) < 4.78 is 7.04. The molecule has 3 rings (SSSR count). The molecule has 0 radical (unpaired) electrons. The second kappa shape index (κ2) is 5.66. The van der Waals surface area contributed by atoms with Crippen LogP contribution in [0.5, 0.6) is 5.75 Å². The minimum atomic E-state index is 0.654. The maximum atomic E-state index is 5.70. The molecule has 0 aliphatic heterocycles. The van der Waals surface area contributed by atoms with Crippen molar-refractivity contribution in [3.63, 3.8) is 0 Å². The number of nitrogens with two attached hydrogens (primary N) is 1. The van der Waals surface area contributed by atoms with Crippen molar-refractivity contribution < 1.29 is 4.74 Å². The minimum Gasteiger partial charge on any atom is -0.497 e. The molecule has 2 aromatic carbocycles. The van der Waals surface area contributed by atoms with E-state index >= 15 is 0 Å². The van der Waals surface area contributed by atoms with E-state index in [9.17, 15) is 0 Å². The van der Waals surface area contributed by atoms with E-state index in [0.717, 1.165) is 28.3 Å². The summed E-state index contributed by atoms with van der Waals surface area (Å²) in [5.41, 5.74) is 9.61. The lowest BCUT2D eigenvalue weighted by Crippen LogP contribution is -2.04. The van der Waals surface area contributed by atoms with Gasteiger partial charge in [0.05, 0.1) is 25.5 Å². The summed E-state index contributed by atoms with van der Waals surface area (Å²) in [5.74, 6) is 0.830. The average Bonchev–Trinajstić information content (AvgIpc) is 2.98. The highest BCUT2D eigenvalue weighted by Crippen LogP contribution is 2.22. The predicted molar refractivity (Wildman–Crippen MR) is 82.0 cm³/mol. The van der Waals surface area contributed by atoms with Crippen LogP contribution in [0.1, 0.15) is 5.56 Å². The monoisotopic (exact) mass is 280 g/mol. The Hall–Kier alpha value is -2.82. The molecule has 0 saturated heterocycles. The third-order valence-corrected chi connectivity index (χ3v) is 3.32. The second-order valence-electron chi connectivity index (χ2n) is 4.75. The highest BCUT2D eigenvalue weighted by atomic mass is 16.5. The molecule has 5 nitrogen and oxygen atoms in total. The van der Waals surface area contributed by atoms with E-state index in [1.54, 1.807) is 13.3 Å². The normalized spacial score (nSPS) is 10.5. The van der Waals surface area contributed by atoms with Crippen molar-refractivity contribution in [2.24, 2.45) is 0 Å². The van der Waals surface area contributed by atoms with Crippen molar-refractivity contribution in [2.75, 3.05) is 12.8 Å². The molecule has 0 spiro atoms. The number of methoxy groups -OCH3 is 1. The molecule has 0 bridgehead atoms. The molecular weight excluding hydrogens is 264 g/mol. The molecule has 3 aromatic rings. The van der Waals surface area contributed by atoms with Crippen LogP contribution in [0.3, 0.4) is 0 Å². The molecule has 1 aromatic heterocycles. The van der Waals surface area contributed by atoms with Gasteiger partial charge in [0, 0.05) is 11.3 Å². The third kappa shape index (κ3) is 2.86. The molecule has 0 saturated carbocycles. The first-order chi connectivity index (χ1) is 10.3. The highest BCUT2D eigenvalue weighted by Gasteiger charge is 2.07. The summed E-state index contributed by atoms with van der Waals surface area (Å²) in [6.07, 6.45) is 1.76. The standard InChI is InChI=1S/C16H16N4O/c1-21-15-8-4-13(5-9-15)16-10-18-19-20(16)11-12-2-6-14(17)7-3-12/h2-10H,11,17H2,1H3. The van der Waals surface area contributed by atoms with Crippen molar-refractivity contribution in [3.05, 3.63) is 60.3 Å². The zero-order valence-corrected chi connectivity index (χ0v) is 11.7. The van der Waals surface area contributed by atoms with E-state index < -0.39 is 0 Å². The summed E-state index contributed by atoms with van der Waals surface area (Å²) >= 11 is 0. The van der Waals surface area contributed by atoms with Crippen molar-refractivity contribution in [2.45, 2.75) is 6.54 Å². The van der Waals surface area contributed by atoms with Gasteiger partial charge in [-0.05, 0) is 42.0 Å². The van der Waals surface area contributed by atoms with E-state index in [1.165, 1.54) is 0 Å². The van der Waals surface area contributed by atoms with Crippen molar-refractivity contribution in [1.29, 1.82) is 0 Å². The van der Waals surface area contributed by atoms with Gasteiger partial charge < -0.3 is 10.5 Å². The Kier molecular flexibility index (Phi) is 3.55. The number of hydrogen-bond acceptors (Lipinski definition) is 4. The maximum absolute atomic E-state index is 5.70. The molecule has 21 heavy (non-hydrogen) atoms. The number of aromatic nitrogens is 3. The fourth-order valence-electron chi connectivity index (χ4n) is 2.16. The summed E-state index contributed by atoms with van der Waals surface area (Å²) in [4.78, 5) is 0. The maximum Gasteiger partial charge on any atom is 0.118 e. The molecule has 0 fully saturated rings. The molecule has 0 amide bonds. The van der Waals surface area contributed by atoms with Crippen LogP contribution in [0.25, 0.3) is 11.3 Å². The van der Waals surface area contributed by atoms with Gasteiger partial charge in [0.2, 0.25) is 0 Å². The number of nitrogen functional groups attached to an aromatic ring is 1. The van der Waals surface area contributed by atoms with Gasteiger partial charge in [-0.3, -0.25) is 0 Å². The van der Waals surface area contributed by atoms with Gasteiger partial charge in [-0.2, -0.15) is 0 Å². The lowest BCUT2D eigenvalue weighted by Gasteiger charge is -2.07. The Morgan fingerprint density at radius 3 is 2.43 bits per heavy atom. The van der Waals surface area contributed by atoms with Crippen LogP contribution in [0, 0.1) is 0 Å². The fourth-order valence-corrected chi connectivity index (χ4v) is 2.16. The Morgan fingerprint density at radius 1 is 1.05 bits per heavy atom. The SMILES string of the molecule is COc1ccc(-c2cnnn2Cc2ccc(N)cc2)cc1. The molecule has 2 N–H and O–H groups in total. The highest BCUT2D eigenvalue weighted by molar-refractivity contribution is 5.59. The lowest BCUT2D eigenvalue weighted by atomic mass is 10.1. The first-order valence-corrected chi connectivity index (χ1v) is 6.63. The smallest absolute Gasteiger partial charge is 0.118 e. The summed E-state index contributed by atoms with van der Waals surface area (Å²) in [7, 11) is 1.65. The zero-order valence-electron chi connectivity index (χ0n) is 11.7. The third-order valence-electron chi connectivity index (χ3n) is 3.32. The van der Waals surface area contributed by atoms with Gasteiger partial charge in [0.25, 0.3) is 0 Å². The van der Waals surface area contributed by atoms with Crippen LogP contribution < -0.4 is 10.5 Å². The topological polar surface area (TPSA) is 66.0 Å². The van der Waals surface area contributed by atoms with E-state index in [1.807, 2.05) is 53.2 Å². The van der Waals surface area contributed by atoms with Crippen LogP contribution in [-0.2, 0) is 6.54 Å². The Balaban J connectivity index is 1.87. The number of benzene rings is 2. The van der Waals surface area contributed by atoms with Gasteiger partial charge in [-0.15, -0.1) is 5.10 Å². The van der Waals surface area contributed by atoms with Crippen molar-refractivity contribution in [3.8, 4) is 17.0 Å². The first kappa shape index (κ1) is 13.2. The molecule has 0 aliphatic rings. The van der Waals surface area contributed by atoms with Crippen molar-refractivity contribution >= 4 is 5.69 Å². The van der Waals surface area contributed by atoms with Gasteiger partial charge in [-0.1, -0.05) is 17.3 Å².